The Hall–Kier alpha value is -1.57. The fourth-order valence-electron chi connectivity index (χ4n) is 1.77. The molecule has 2 unspecified atom stereocenters. The van der Waals surface area contributed by atoms with Crippen LogP contribution in [0.5, 0.6) is 0 Å². The van der Waals surface area contributed by atoms with Crippen LogP contribution in [-0.2, 0) is 19.1 Å². The maximum Gasteiger partial charge on any atom is 0.323 e. The van der Waals surface area contributed by atoms with Gasteiger partial charge in [-0.05, 0) is 25.7 Å². The molecule has 0 spiro atoms. The average molecular weight is 269 g/mol. The molecule has 5 heteroatoms. The molecule has 0 aromatic carbocycles. The monoisotopic (exact) mass is 269 g/mol. The number of nitrogens with zero attached hydrogens (tertiary/aromatic N) is 1. The zero-order valence-corrected chi connectivity index (χ0v) is 12.0. The number of nitriles is 1. The molecular formula is C14H23NO4. The summed E-state index contributed by atoms with van der Waals surface area (Å²) in [5.74, 6) is -1.40. The third kappa shape index (κ3) is 8.20. The number of rotatable bonds is 9. The highest BCUT2D eigenvalue weighted by molar-refractivity contribution is 5.75. The molecule has 0 saturated carbocycles. The van der Waals surface area contributed by atoms with E-state index in [1.165, 1.54) is 6.92 Å². The number of unbranched alkanes of at least 4 members (excludes halogenated alkanes) is 2. The summed E-state index contributed by atoms with van der Waals surface area (Å²) in [7, 11) is 0. The number of carbonyl (C=O) groups is 2. The summed E-state index contributed by atoms with van der Waals surface area (Å²) in [4.78, 5) is 22.1. The van der Waals surface area contributed by atoms with Crippen molar-refractivity contribution in [3.05, 3.63) is 0 Å². The van der Waals surface area contributed by atoms with Crippen molar-refractivity contribution in [2.24, 2.45) is 11.8 Å². The Morgan fingerprint density at radius 2 is 1.89 bits per heavy atom. The largest absolute Gasteiger partial charge is 0.466 e. The van der Waals surface area contributed by atoms with Gasteiger partial charge in [0, 0.05) is 6.92 Å². The van der Waals surface area contributed by atoms with E-state index in [1.807, 2.05) is 13.0 Å². The Bertz CT molecular complexity index is 322. The van der Waals surface area contributed by atoms with E-state index in [2.05, 4.69) is 0 Å². The van der Waals surface area contributed by atoms with E-state index >= 15 is 0 Å². The number of hydrogen-bond donors (Lipinski definition) is 0. The number of ether oxygens (including phenoxy) is 2. The molecular weight excluding hydrogens is 246 g/mol. The highest BCUT2D eigenvalue weighted by atomic mass is 16.5. The standard InChI is InChI=1S/C14H23NO4/c1-4-18-14(17)13(10-15)11(2)8-6-5-7-9-19-12(3)16/h11,13H,4-9H2,1-3H3. The molecule has 0 aliphatic carbocycles. The van der Waals surface area contributed by atoms with Crippen molar-refractivity contribution in [1.29, 1.82) is 5.26 Å². The zero-order valence-electron chi connectivity index (χ0n) is 12.0. The first kappa shape index (κ1) is 17.4. The third-order valence-corrected chi connectivity index (χ3v) is 2.86. The predicted molar refractivity (Wildman–Crippen MR) is 70.0 cm³/mol. The molecule has 19 heavy (non-hydrogen) atoms. The summed E-state index contributed by atoms with van der Waals surface area (Å²) in [6, 6.07) is 2.01. The van der Waals surface area contributed by atoms with Crippen molar-refractivity contribution in [2.45, 2.75) is 46.5 Å². The smallest absolute Gasteiger partial charge is 0.323 e. The van der Waals surface area contributed by atoms with Gasteiger partial charge in [0.1, 0.15) is 5.92 Å². The molecule has 0 aromatic heterocycles. The second-order valence-electron chi connectivity index (χ2n) is 4.53. The van der Waals surface area contributed by atoms with Crippen LogP contribution in [0.4, 0.5) is 0 Å². The summed E-state index contributed by atoms with van der Waals surface area (Å²) < 4.78 is 9.69. The van der Waals surface area contributed by atoms with Gasteiger partial charge in [-0.25, -0.2) is 0 Å². The number of hydrogen-bond acceptors (Lipinski definition) is 5. The van der Waals surface area contributed by atoms with Crippen molar-refractivity contribution in [2.75, 3.05) is 13.2 Å². The van der Waals surface area contributed by atoms with Gasteiger partial charge >= 0.3 is 11.9 Å². The molecule has 0 aliphatic heterocycles. The van der Waals surface area contributed by atoms with Crippen LogP contribution in [0, 0.1) is 23.2 Å². The molecule has 0 heterocycles. The fourth-order valence-corrected chi connectivity index (χ4v) is 1.77. The van der Waals surface area contributed by atoms with Crippen LogP contribution in [0.1, 0.15) is 46.5 Å². The van der Waals surface area contributed by atoms with E-state index in [9.17, 15) is 9.59 Å². The van der Waals surface area contributed by atoms with Crippen molar-refractivity contribution in [3.63, 3.8) is 0 Å². The first-order valence-electron chi connectivity index (χ1n) is 6.72. The van der Waals surface area contributed by atoms with Gasteiger partial charge in [-0.1, -0.05) is 19.8 Å². The maximum atomic E-state index is 11.5. The minimum Gasteiger partial charge on any atom is -0.466 e. The van der Waals surface area contributed by atoms with E-state index in [4.69, 9.17) is 14.7 Å². The van der Waals surface area contributed by atoms with Crippen molar-refractivity contribution >= 4 is 11.9 Å². The second-order valence-corrected chi connectivity index (χ2v) is 4.53. The Kier molecular flexibility index (Phi) is 9.51. The highest BCUT2D eigenvalue weighted by Gasteiger charge is 2.25. The van der Waals surface area contributed by atoms with Crippen LogP contribution in [0.2, 0.25) is 0 Å². The van der Waals surface area contributed by atoms with Gasteiger partial charge < -0.3 is 9.47 Å². The molecule has 0 rings (SSSR count). The first-order chi connectivity index (χ1) is 9.02. The average Bonchev–Trinajstić information content (AvgIpc) is 2.34. The Balaban J connectivity index is 3.83. The fraction of sp³-hybridized carbons (Fsp3) is 0.786. The molecule has 0 bridgehead atoms. The number of carbonyl (C=O) groups excluding carboxylic acids is 2. The minimum atomic E-state index is -0.687. The maximum absolute atomic E-state index is 11.5. The molecule has 0 aliphatic rings. The van der Waals surface area contributed by atoms with Gasteiger partial charge in [0.05, 0.1) is 19.3 Å². The summed E-state index contributed by atoms with van der Waals surface area (Å²) in [6.45, 7) is 5.73. The highest BCUT2D eigenvalue weighted by Crippen LogP contribution is 2.19. The molecule has 5 nitrogen and oxygen atoms in total. The third-order valence-electron chi connectivity index (χ3n) is 2.86. The molecule has 0 fully saturated rings. The summed E-state index contributed by atoms with van der Waals surface area (Å²) in [6.07, 6.45) is 3.42. The lowest BCUT2D eigenvalue weighted by atomic mass is 9.90. The number of esters is 2. The van der Waals surface area contributed by atoms with E-state index in [1.54, 1.807) is 6.92 Å². The van der Waals surface area contributed by atoms with Crippen LogP contribution < -0.4 is 0 Å². The minimum absolute atomic E-state index is 0.0159. The summed E-state index contributed by atoms with van der Waals surface area (Å²) >= 11 is 0. The van der Waals surface area contributed by atoms with E-state index in [0.717, 1.165) is 25.7 Å². The van der Waals surface area contributed by atoms with Crippen LogP contribution in [0.15, 0.2) is 0 Å². The van der Waals surface area contributed by atoms with E-state index in [-0.39, 0.29) is 11.9 Å². The second kappa shape index (κ2) is 10.4. The summed E-state index contributed by atoms with van der Waals surface area (Å²) in [5.41, 5.74) is 0. The van der Waals surface area contributed by atoms with Crippen molar-refractivity contribution in [3.8, 4) is 6.07 Å². The molecule has 108 valence electrons. The van der Waals surface area contributed by atoms with Crippen LogP contribution >= 0.6 is 0 Å². The SMILES string of the molecule is CCOC(=O)C(C#N)C(C)CCCCCOC(C)=O. The topological polar surface area (TPSA) is 76.4 Å². The van der Waals surface area contributed by atoms with Gasteiger partial charge in [-0.2, -0.15) is 5.26 Å². The lowest BCUT2D eigenvalue weighted by Crippen LogP contribution is -2.23. The van der Waals surface area contributed by atoms with Crippen LogP contribution in [-0.4, -0.2) is 25.2 Å². The first-order valence-corrected chi connectivity index (χ1v) is 6.72. The molecule has 0 aromatic rings. The van der Waals surface area contributed by atoms with Gasteiger partial charge in [0.15, 0.2) is 0 Å². The Labute approximate surface area is 114 Å². The normalized spacial score (nSPS) is 13.2. The molecule has 0 saturated heterocycles. The summed E-state index contributed by atoms with van der Waals surface area (Å²) in [5, 5.41) is 8.99. The van der Waals surface area contributed by atoms with E-state index in [0.29, 0.717) is 13.2 Å². The van der Waals surface area contributed by atoms with Crippen molar-refractivity contribution in [1.82, 2.24) is 0 Å². The van der Waals surface area contributed by atoms with Gasteiger partial charge in [0.25, 0.3) is 0 Å². The Morgan fingerprint density at radius 3 is 2.42 bits per heavy atom. The van der Waals surface area contributed by atoms with Crippen LogP contribution in [0.3, 0.4) is 0 Å². The lowest BCUT2D eigenvalue weighted by molar-refractivity contribution is -0.147. The lowest BCUT2D eigenvalue weighted by Gasteiger charge is -2.15. The molecule has 0 N–H and O–H groups in total. The zero-order chi connectivity index (χ0) is 14.7. The Morgan fingerprint density at radius 1 is 1.21 bits per heavy atom. The van der Waals surface area contributed by atoms with Gasteiger partial charge in [-0.15, -0.1) is 0 Å². The quantitative estimate of drug-likeness (QED) is 0.474. The predicted octanol–water partition coefficient (Wildman–Crippen LogP) is 2.45. The molecule has 0 radical (unpaired) electrons. The van der Waals surface area contributed by atoms with Gasteiger partial charge in [-0.3, -0.25) is 9.59 Å². The van der Waals surface area contributed by atoms with E-state index < -0.39 is 11.9 Å². The molecule has 0 amide bonds. The molecule has 2 atom stereocenters. The van der Waals surface area contributed by atoms with Crippen LogP contribution in [0.25, 0.3) is 0 Å². The van der Waals surface area contributed by atoms with Gasteiger partial charge in [0.2, 0.25) is 0 Å². The van der Waals surface area contributed by atoms with Crippen molar-refractivity contribution < 1.29 is 19.1 Å².